The number of nitrogens with one attached hydrogen (secondary N) is 2. The van der Waals surface area contributed by atoms with Crippen LogP contribution in [0.15, 0.2) is 31.2 Å². The Hall–Kier alpha value is -2.37. The maximum Gasteiger partial charge on any atom is 0.246 e. The lowest BCUT2D eigenvalue weighted by molar-refractivity contribution is -0.129. The van der Waals surface area contributed by atoms with Gasteiger partial charge < -0.3 is 15.2 Å². The number of rotatable bonds is 3. The van der Waals surface area contributed by atoms with Gasteiger partial charge >= 0.3 is 0 Å². The van der Waals surface area contributed by atoms with Gasteiger partial charge in [0, 0.05) is 24.8 Å². The lowest BCUT2D eigenvalue weighted by Crippen LogP contribution is -2.49. The van der Waals surface area contributed by atoms with Crippen LogP contribution in [0.2, 0.25) is 0 Å². The molecule has 1 aliphatic heterocycles. The minimum absolute atomic E-state index is 0.0107. The fraction of sp³-hybridized carbons (Fsp3) is 0.400. The second-order valence-corrected chi connectivity index (χ2v) is 5.42. The molecule has 6 heteroatoms. The van der Waals surface area contributed by atoms with Gasteiger partial charge in [0.05, 0.1) is 5.39 Å². The molecule has 2 aromatic heterocycles. The van der Waals surface area contributed by atoms with E-state index in [9.17, 15) is 4.79 Å². The number of fused-ring (bicyclic) bond motifs is 1. The predicted molar refractivity (Wildman–Crippen MR) is 81.9 cm³/mol. The predicted octanol–water partition coefficient (Wildman–Crippen LogP) is 1.94. The second-order valence-electron chi connectivity index (χ2n) is 5.42. The van der Waals surface area contributed by atoms with Gasteiger partial charge in [-0.05, 0) is 31.9 Å². The van der Waals surface area contributed by atoms with Crippen molar-refractivity contribution in [3.05, 3.63) is 31.2 Å². The zero-order valence-corrected chi connectivity index (χ0v) is 12.0. The van der Waals surface area contributed by atoms with Gasteiger partial charge in [-0.15, -0.1) is 0 Å². The van der Waals surface area contributed by atoms with Crippen LogP contribution in [0.25, 0.3) is 11.0 Å². The average molecular weight is 285 g/mol. The standard InChI is InChI=1S/C15H19N5O/c1-3-13(21)20-8-11(5-4-10(20)2)19-15-12-6-7-16-14(12)17-9-18-15/h3,6-7,9-11H,1,4-5,8H2,2H3,(H2,16,17,18,19)/t10-,11?/m1/s1. The van der Waals surface area contributed by atoms with Crippen molar-refractivity contribution in [3.63, 3.8) is 0 Å². The zero-order chi connectivity index (χ0) is 14.8. The van der Waals surface area contributed by atoms with Crippen molar-refractivity contribution in [2.45, 2.75) is 31.8 Å². The molecule has 1 saturated heterocycles. The maximum absolute atomic E-state index is 11.9. The van der Waals surface area contributed by atoms with Crippen molar-refractivity contribution in [2.75, 3.05) is 11.9 Å². The highest BCUT2D eigenvalue weighted by Crippen LogP contribution is 2.23. The highest BCUT2D eigenvalue weighted by molar-refractivity contribution is 5.88. The lowest BCUT2D eigenvalue weighted by atomic mass is 9.99. The Balaban J connectivity index is 1.77. The molecule has 0 aromatic carbocycles. The molecule has 1 fully saturated rings. The number of nitrogens with zero attached hydrogens (tertiary/aromatic N) is 3. The molecule has 3 rings (SSSR count). The Morgan fingerprint density at radius 1 is 1.52 bits per heavy atom. The quantitative estimate of drug-likeness (QED) is 0.845. The fourth-order valence-electron chi connectivity index (χ4n) is 2.83. The summed E-state index contributed by atoms with van der Waals surface area (Å²) >= 11 is 0. The van der Waals surface area contributed by atoms with E-state index in [-0.39, 0.29) is 18.0 Å². The molecule has 0 aliphatic carbocycles. The molecular formula is C15H19N5O. The van der Waals surface area contributed by atoms with Crippen LogP contribution in [0.1, 0.15) is 19.8 Å². The van der Waals surface area contributed by atoms with Gasteiger partial charge in [-0.1, -0.05) is 6.58 Å². The van der Waals surface area contributed by atoms with Crippen molar-refractivity contribution >= 4 is 22.8 Å². The first-order chi connectivity index (χ1) is 10.2. The molecule has 1 amide bonds. The Morgan fingerprint density at radius 3 is 3.19 bits per heavy atom. The number of H-pyrrole nitrogens is 1. The van der Waals surface area contributed by atoms with Gasteiger partial charge in [0.25, 0.3) is 0 Å². The van der Waals surface area contributed by atoms with E-state index in [1.165, 1.54) is 6.08 Å². The van der Waals surface area contributed by atoms with Crippen LogP contribution in [0.5, 0.6) is 0 Å². The third-order valence-electron chi connectivity index (χ3n) is 4.03. The van der Waals surface area contributed by atoms with Crippen LogP contribution in [0.3, 0.4) is 0 Å². The topological polar surface area (TPSA) is 73.9 Å². The first-order valence-electron chi connectivity index (χ1n) is 7.16. The van der Waals surface area contributed by atoms with Gasteiger partial charge in [0.1, 0.15) is 17.8 Å². The smallest absolute Gasteiger partial charge is 0.246 e. The number of carbonyl (C=O) groups excluding carboxylic acids is 1. The molecule has 6 nitrogen and oxygen atoms in total. The number of piperidine rings is 1. The molecule has 21 heavy (non-hydrogen) atoms. The number of anilines is 1. The summed E-state index contributed by atoms with van der Waals surface area (Å²) in [5.74, 6) is 0.801. The molecule has 2 atom stereocenters. The molecule has 1 unspecified atom stereocenters. The van der Waals surface area contributed by atoms with E-state index in [2.05, 4.69) is 33.8 Å². The van der Waals surface area contributed by atoms with Crippen LogP contribution < -0.4 is 5.32 Å². The number of likely N-dealkylation sites (tertiary alicyclic amines) is 1. The van der Waals surface area contributed by atoms with Gasteiger partial charge in [0.15, 0.2) is 0 Å². The van der Waals surface area contributed by atoms with E-state index in [4.69, 9.17) is 0 Å². The van der Waals surface area contributed by atoms with Crippen molar-refractivity contribution in [3.8, 4) is 0 Å². The third kappa shape index (κ3) is 2.61. The van der Waals surface area contributed by atoms with Crippen LogP contribution in [-0.2, 0) is 4.79 Å². The van der Waals surface area contributed by atoms with Crippen LogP contribution in [0, 0.1) is 0 Å². The van der Waals surface area contributed by atoms with Gasteiger partial charge in [0.2, 0.25) is 5.91 Å². The summed E-state index contributed by atoms with van der Waals surface area (Å²) in [5.41, 5.74) is 0.815. The molecular weight excluding hydrogens is 266 g/mol. The monoisotopic (exact) mass is 285 g/mol. The Labute approximate surface area is 123 Å². The van der Waals surface area contributed by atoms with E-state index in [0.29, 0.717) is 6.54 Å². The molecule has 0 spiro atoms. The fourth-order valence-corrected chi connectivity index (χ4v) is 2.83. The van der Waals surface area contributed by atoms with Crippen molar-refractivity contribution in [1.29, 1.82) is 0 Å². The molecule has 0 radical (unpaired) electrons. The number of aromatic nitrogens is 3. The summed E-state index contributed by atoms with van der Waals surface area (Å²) in [6.07, 6.45) is 6.75. The Bertz CT molecular complexity index is 665. The van der Waals surface area contributed by atoms with Crippen molar-refractivity contribution < 1.29 is 4.79 Å². The van der Waals surface area contributed by atoms with E-state index >= 15 is 0 Å². The second kappa shape index (κ2) is 5.55. The molecule has 1 aliphatic rings. The summed E-state index contributed by atoms with van der Waals surface area (Å²) in [5, 5.41) is 4.41. The van der Waals surface area contributed by atoms with Crippen molar-refractivity contribution in [1.82, 2.24) is 19.9 Å². The largest absolute Gasteiger partial charge is 0.365 e. The third-order valence-corrected chi connectivity index (χ3v) is 4.03. The van der Waals surface area contributed by atoms with Crippen LogP contribution in [0.4, 0.5) is 5.82 Å². The highest BCUT2D eigenvalue weighted by Gasteiger charge is 2.28. The van der Waals surface area contributed by atoms with Gasteiger partial charge in [-0.3, -0.25) is 4.79 Å². The van der Waals surface area contributed by atoms with E-state index < -0.39 is 0 Å². The maximum atomic E-state index is 11.9. The van der Waals surface area contributed by atoms with E-state index in [1.807, 2.05) is 17.2 Å². The number of carbonyl (C=O) groups is 1. The first-order valence-corrected chi connectivity index (χ1v) is 7.16. The molecule has 2 aromatic rings. The average Bonchev–Trinajstić information content (AvgIpc) is 2.98. The van der Waals surface area contributed by atoms with E-state index in [1.54, 1.807) is 6.33 Å². The zero-order valence-electron chi connectivity index (χ0n) is 12.0. The van der Waals surface area contributed by atoms with Crippen molar-refractivity contribution in [2.24, 2.45) is 0 Å². The minimum Gasteiger partial charge on any atom is -0.365 e. The van der Waals surface area contributed by atoms with E-state index in [0.717, 1.165) is 29.7 Å². The first kappa shape index (κ1) is 13.6. The SMILES string of the molecule is C=CC(=O)N1CC(Nc2ncnc3[nH]ccc23)CC[C@H]1C. The molecule has 110 valence electrons. The number of amides is 1. The number of aromatic amines is 1. The summed E-state index contributed by atoms with van der Waals surface area (Å²) in [6, 6.07) is 2.40. The summed E-state index contributed by atoms with van der Waals surface area (Å²) in [7, 11) is 0. The molecule has 0 bridgehead atoms. The number of hydrogen-bond donors (Lipinski definition) is 2. The number of hydrogen-bond acceptors (Lipinski definition) is 4. The Morgan fingerprint density at radius 2 is 2.38 bits per heavy atom. The molecule has 2 N–H and O–H groups in total. The summed E-state index contributed by atoms with van der Waals surface area (Å²) in [6.45, 7) is 6.32. The minimum atomic E-state index is -0.0107. The summed E-state index contributed by atoms with van der Waals surface area (Å²) in [4.78, 5) is 25.3. The van der Waals surface area contributed by atoms with Crippen LogP contribution >= 0.6 is 0 Å². The van der Waals surface area contributed by atoms with Gasteiger partial charge in [-0.2, -0.15) is 0 Å². The normalized spacial score (nSPS) is 22.2. The molecule has 3 heterocycles. The van der Waals surface area contributed by atoms with Gasteiger partial charge in [-0.25, -0.2) is 9.97 Å². The lowest BCUT2D eigenvalue weighted by Gasteiger charge is -2.38. The molecule has 0 saturated carbocycles. The highest BCUT2D eigenvalue weighted by atomic mass is 16.2. The van der Waals surface area contributed by atoms with Crippen LogP contribution in [-0.4, -0.2) is 44.4 Å². The summed E-state index contributed by atoms with van der Waals surface area (Å²) < 4.78 is 0. The Kier molecular flexibility index (Phi) is 3.60.